The van der Waals surface area contributed by atoms with E-state index < -0.39 is 6.04 Å². The molecule has 1 aromatic rings. The zero-order valence-electron chi connectivity index (χ0n) is 10.8. The Morgan fingerprint density at radius 3 is 2.74 bits per heavy atom. The highest BCUT2D eigenvalue weighted by Gasteiger charge is 2.23. The van der Waals surface area contributed by atoms with Crippen molar-refractivity contribution >= 4 is 0 Å². The molecule has 0 saturated carbocycles. The fraction of sp³-hybridized carbons (Fsp3) is 0.308. The van der Waals surface area contributed by atoms with Gasteiger partial charge in [-0.15, -0.1) is 0 Å². The average Bonchev–Trinajstić information content (AvgIpc) is 2.80. The van der Waals surface area contributed by atoms with Crippen LogP contribution in [-0.2, 0) is 6.54 Å². The Kier molecular flexibility index (Phi) is 3.78. The van der Waals surface area contributed by atoms with Gasteiger partial charge in [-0.2, -0.15) is 5.26 Å². The molecule has 1 aliphatic heterocycles. The van der Waals surface area contributed by atoms with E-state index in [0.717, 1.165) is 11.3 Å². The highest BCUT2D eigenvalue weighted by molar-refractivity contribution is 5.29. The third-order valence-electron chi connectivity index (χ3n) is 3.06. The Hall–Kier alpha value is -2.39. The Morgan fingerprint density at radius 1 is 1.47 bits per heavy atom. The molecule has 6 nitrogen and oxygen atoms in total. The van der Waals surface area contributed by atoms with Crippen molar-refractivity contribution < 1.29 is 4.74 Å². The average molecular weight is 259 g/mol. The van der Waals surface area contributed by atoms with Crippen molar-refractivity contribution in [1.29, 1.82) is 5.26 Å². The lowest BCUT2D eigenvalue weighted by Gasteiger charge is -2.18. The molecule has 1 aliphatic rings. The summed E-state index contributed by atoms with van der Waals surface area (Å²) in [5.41, 5.74) is 13.4. The molecule has 19 heavy (non-hydrogen) atoms. The van der Waals surface area contributed by atoms with Crippen molar-refractivity contribution in [3.05, 3.63) is 41.3 Å². The number of nitrogens with two attached hydrogens (primary N) is 2. The summed E-state index contributed by atoms with van der Waals surface area (Å²) in [5, 5.41) is 11.9. The zero-order chi connectivity index (χ0) is 13.8. The summed E-state index contributed by atoms with van der Waals surface area (Å²) in [6.45, 7) is 1.22. The summed E-state index contributed by atoms with van der Waals surface area (Å²) in [5.74, 6) is 1.35. The molecule has 2 rings (SSSR count). The molecular formula is C13H17N5O. The SMILES string of the molecule is COc1ccc(CN2CNC(C(N)C#N)=C2N)cc1. The quantitative estimate of drug-likeness (QED) is 0.705. The van der Waals surface area contributed by atoms with Crippen LogP contribution in [0.4, 0.5) is 0 Å². The van der Waals surface area contributed by atoms with Gasteiger partial charge in [0.25, 0.3) is 0 Å². The smallest absolute Gasteiger partial charge is 0.137 e. The molecule has 0 saturated heterocycles. The molecule has 0 fully saturated rings. The summed E-state index contributed by atoms with van der Waals surface area (Å²) >= 11 is 0. The van der Waals surface area contributed by atoms with Gasteiger partial charge in [0.15, 0.2) is 0 Å². The molecule has 0 bridgehead atoms. The molecule has 0 aliphatic carbocycles. The fourth-order valence-electron chi connectivity index (χ4n) is 1.95. The first-order valence-corrected chi connectivity index (χ1v) is 5.92. The van der Waals surface area contributed by atoms with Crippen molar-refractivity contribution in [2.45, 2.75) is 12.6 Å². The van der Waals surface area contributed by atoms with Crippen LogP contribution >= 0.6 is 0 Å². The van der Waals surface area contributed by atoms with E-state index in [1.54, 1.807) is 7.11 Å². The minimum atomic E-state index is -0.708. The van der Waals surface area contributed by atoms with Gasteiger partial charge in [0.05, 0.1) is 25.5 Å². The van der Waals surface area contributed by atoms with Gasteiger partial charge in [0.2, 0.25) is 0 Å². The van der Waals surface area contributed by atoms with Gasteiger partial charge in [-0.25, -0.2) is 0 Å². The van der Waals surface area contributed by atoms with Crippen LogP contribution in [0.5, 0.6) is 5.75 Å². The highest BCUT2D eigenvalue weighted by atomic mass is 16.5. The molecule has 5 N–H and O–H groups in total. The molecule has 6 heteroatoms. The second-order valence-corrected chi connectivity index (χ2v) is 4.29. The van der Waals surface area contributed by atoms with Crippen LogP contribution in [-0.4, -0.2) is 24.7 Å². The largest absolute Gasteiger partial charge is 0.497 e. The van der Waals surface area contributed by atoms with Crippen LogP contribution in [0.25, 0.3) is 0 Å². The number of hydrogen-bond donors (Lipinski definition) is 3. The van der Waals surface area contributed by atoms with Gasteiger partial charge < -0.3 is 26.4 Å². The summed E-state index contributed by atoms with van der Waals surface area (Å²) in [6, 6.07) is 9.03. The number of methoxy groups -OCH3 is 1. The van der Waals surface area contributed by atoms with E-state index in [4.69, 9.17) is 21.5 Å². The molecule has 0 aromatic heterocycles. The van der Waals surface area contributed by atoms with E-state index in [0.29, 0.717) is 24.7 Å². The van der Waals surface area contributed by atoms with Crippen molar-refractivity contribution in [2.75, 3.05) is 13.8 Å². The van der Waals surface area contributed by atoms with Gasteiger partial charge in [-0.3, -0.25) is 0 Å². The lowest BCUT2D eigenvalue weighted by molar-refractivity contribution is 0.352. The molecular weight excluding hydrogens is 242 g/mol. The van der Waals surface area contributed by atoms with Gasteiger partial charge in [0, 0.05) is 6.54 Å². The number of nitriles is 1. The lowest BCUT2D eigenvalue weighted by atomic mass is 10.2. The van der Waals surface area contributed by atoms with Gasteiger partial charge in [-0.1, -0.05) is 12.1 Å². The van der Waals surface area contributed by atoms with Crippen LogP contribution in [0.3, 0.4) is 0 Å². The molecule has 1 unspecified atom stereocenters. The minimum Gasteiger partial charge on any atom is -0.497 e. The molecule has 1 aromatic carbocycles. The van der Waals surface area contributed by atoms with Gasteiger partial charge >= 0.3 is 0 Å². The first kappa shape index (κ1) is 13.1. The maximum Gasteiger partial charge on any atom is 0.137 e. The number of ether oxygens (including phenoxy) is 1. The summed E-state index contributed by atoms with van der Waals surface area (Å²) in [7, 11) is 1.63. The van der Waals surface area contributed by atoms with Crippen LogP contribution in [0, 0.1) is 11.3 Å². The standard InChI is InChI=1S/C13H17N5O/c1-19-10-4-2-9(3-5-10)7-18-8-17-12(13(18)16)11(15)6-14/h2-5,11,17H,7-8,15-16H2,1H3. The predicted molar refractivity (Wildman–Crippen MR) is 71.3 cm³/mol. The van der Waals surface area contributed by atoms with Gasteiger partial charge in [0.1, 0.15) is 17.6 Å². The summed E-state index contributed by atoms with van der Waals surface area (Å²) in [4.78, 5) is 1.94. The topological polar surface area (TPSA) is 100 Å². The first-order chi connectivity index (χ1) is 9.15. The fourth-order valence-corrected chi connectivity index (χ4v) is 1.95. The van der Waals surface area contributed by atoms with Crippen LogP contribution in [0.1, 0.15) is 5.56 Å². The third-order valence-corrected chi connectivity index (χ3v) is 3.06. The van der Waals surface area contributed by atoms with Crippen molar-refractivity contribution in [1.82, 2.24) is 10.2 Å². The van der Waals surface area contributed by atoms with E-state index >= 15 is 0 Å². The number of nitrogens with one attached hydrogen (secondary N) is 1. The van der Waals surface area contributed by atoms with E-state index in [1.807, 2.05) is 35.2 Å². The minimum absolute atomic E-state index is 0.532. The zero-order valence-corrected chi connectivity index (χ0v) is 10.8. The molecule has 0 spiro atoms. The van der Waals surface area contributed by atoms with Gasteiger partial charge in [-0.05, 0) is 17.7 Å². The Labute approximate surface area is 112 Å². The predicted octanol–water partition coefficient (Wildman–Crippen LogP) is 0.0366. The van der Waals surface area contributed by atoms with Crippen molar-refractivity contribution in [3.8, 4) is 11.8 Å². The van der Waals surface area contributed by atoms with Crippen LogP contribution in [0.15, 0.2) is 35.8 Å². The van der Waals surface area contributed by atoms with Crippen LogP contribution in [0.2, 0.25) is 0 Å². The molecule has 0 radical (unpaired) electrons. The van der Waals surface area contributed by atoms with Crippen molar-refractivity contribution in [3.63, 3.8) is 0 Å². The third kappa shape index (κ3) is 2.72. The van der Waals surface area contributed by atoms with E-state index in [-0.39, 0.29) is 0 Å². The first-order valence-electron chi connectivity index (χ1n) is 5.92. The molecule has 1 atom stereocenters. The number of benzene rings is 1. The Balaban J connectivity index is 2.08. The second kappa shape index (κ2) is 5.50. The Morgan fingerprint density at radius 2 is 2.16 bits per heavy atom. The van der Waals surface area contributed by atoms with Crippen molar-refractivity contribution in [2.24, 2.45) is 11.5 Å². The number of hydrogen-bond acceptors (Lipinski definition) is 6. The summed E-state index contributed by atoms with van der Waals surface area (Å²) < 4.78 is 5.11. The number of rotatable bonds is 4. The molecule has 100 valence electrons. The molecule has 0 amide bonds. The maximum absolute atomic E-state index is 8.81. The second-order valence-electron chi connectivity index (χ2n) is 4.29. The number of nitrogens with zero attached hydrogens (tertiary/aromatic N) is 2. The monoisotopic (exact) mass is 259 g/mol. The normalized spacial score (nSPS) is 15.9. The van der Waals surface area contributed by atoms with E-state index in [1.165, 1.54) is 0 Å². The van der Waals surface area contributed by atoms with Crippen LogP contribution < -0.4 is 21.5 Å². The maximum atomic E-state index is 8.81. The Bertz CT molecular complexity index is 517. The molecule has 1 heterocycles. The van der Waals surface area contributed by atoms with E-state index in [9.17, 15) is 0 Å². The summed E-state index contributed by atoms with van der Waals surface area (Å²) in [6.07, 6.45) is 0. The highest BCUT2D eigenvalue weighted by Crippen LogP contribution is 2.18. The lowest BCUT2D eigenvalue weighted by Crippen LogP contribution is -2.28. The van der Waals surface area contributed by atoms with E-state index in [2.05, 4.69) is 5.32 Å².